The smallest absolute Gasteiger partial charge is 0.325 e. The fourth-order valence-corrected chi connectivity index (χ4v) is 3.58. The van der Waals surface area contributed by atoms with Gasteiger partial charge in [0.15, 0.2) is 0 Å². The molecule has 2 unspecified atom stereocenters. The summed E-state index contributed by atoms with van der Waals surface area (Å²) in [7, 11) is 0. The van der Waals surface area contributed by atoms with E-state index in [-0.39, 0.29) is 6.04 Å². The average Bonchev–Trinajstić information content (AvgIpc) is 2.99. The molecule has 3 rings (SSSR count). The summed E-state index contributed by atoms with van der Waals surface area (Å²) in [5.41, 5.74) is 2.05. The molecule has 0 bridgehead atoms. The molecule has 1 aromatic carbocycles. The van der Waals surface area contributed by atoms with Gasteiger partial charge in [-0.1, -0.05) is 24.3 Å². The summed E-state index contributed by atoms with van der Waals surface area (Å²) in [4.78, 5) is 18.1. The van der Waals surface area contributed by atoms with E-state index < -0.39 is 12.0 Å². The Morgan fingerprint density at radius 2 is 2.30 bits per heavy atom. The summed E-state index contributed by atoms with van der Waals surface area (Å²) in [6, 6.07) is 7.26. The lowest BCUT2D eigenvalue weighted by Gasteiger charge is -2.38. The third-order valence-electron chi connectivity index (χ3n) is 3.86. The second kappa shape index (κ2) is 5.34. The van der Waals surface area contributed by atoms with Crippen LogP contribution in [0.2, 0.25) is 0 Å². The molecule has 1 N–H and O–H groups in total. The number of carboxylic acids is 1. The highest BCUT2D eigenvalue weighted by Crippen LogP contribution is 2.36. The highest BCUT2D eigenvalue weighted by molar-refractivity contribution is 7.09. The van der Waals surface area contributed by atoms with Gasteiger partial charge in [0.1, 0.15) is 11.0 Å². The molecule has 0 amide bonds. The fraction of sp³-hybridized carbons (Fsp3) is 0.333. The highest BCUT2D eigenvalue weighted by Gasteiger charge is 2.36. The van der Waals surface area contributed by atoms with Gasteiger partial charge in [-0.15, -0.1) is 11.3 Å². The van der Waals surface area contributed by atoms with Crippen molar-refractivity contribution in [2.45, 2.75) is 25.4 Å². The van der Waals surface area contributed by atoms with E-state index >= 15 is 0 Å². The van der Waals surface area contributed by atoms with Crippen molar-refractivity contribution in [1.82, 2.24) is 9.88 Å². The van der Waals surface area contributed by atoms with Crippen LogP contribution in [0, 0.1) is 0 Å². The number of aromatic nitrogens is 1. The molecule has 20 heavy (non-hydrogen) atoms. The Labute approximate surface area is 121 Å². The summed E-state index contributed by atoms with van der Waals surface area (Å²) in [6.45, 7) is 2.78. The average molecular weight is 288 g/mol. The van der Waals surface area contributed by atoms with Crippen LogP contribution in [0.5, 0.6) is 0 Å². The summed E-state index contributed by atoms with van der Waals surface area (Å²) in [5.74, 6) is -0.791. The molecule has 2 atom stereocenters. The second-order valence-electron chi connectivity index (χ2n) is 4.97. The lowest BCUT2D eigenvalue weighted by atomic mass is 9.91. The molecule has 0 saturated heterocycles. The molecule has 0 spiro atoms. The van der Waals surface area contributed by atoms with Crippen LogP contribution in [-0.2, 0) is 11.2 Å². The number of carboxylic acid groups (broad SMARTS) is 1. The quantitative estimate of drug-likeness (QED) is 0.943. The minimum Gasteiger partial charge on any atom is -0.480 e. The molecule has 2 heterocycles. The van der Waals surface area contributed by atoms with Gasteiger partial charge >= 0.3 is 5.97 Å². The Balaban J connectivity index is 1.98. The first-order valence-electron chi connectivity index (χ1n) is 6.64. The van der Waals surface area contributed by atoms with Gasteiger partial charge in [0.05, 0.1) is 6.04 Å². The first-order chi connectivity index (χ1) is 9.68. The number of carbonyl (C=O) groups is 1. The van der Waals surface area contributed by atoms with Crippen LogP contribution in [-0.4, -0.2) is 27.5 Å². The molecule has 0 aliphatic carbocycles. The normalized spacial score (nSPS) is 20.4. The monoisotopic (exact) mass is 288 g/mol. The van der Waals surface area contributed by atoms with Crippen LogP contribution >= 0.6 is 11.3 Å². The number of nitrogens with zero attached hydrogens (tertiary/aromatic N) is 2. The highest BCUT2D eigenvalue weighted by atomic mass is 32.1. The van der Waals surface area contributed by atoms with Crippen LogP contribution < -0.4 is 0 Å². The predicted octanol–water partition coefficient (Wildman–Crippen LogP) is 2.89. The van der Waals surface area contributed by atoms with E-state index in [9.17, 15) is 9.90 Å². The zero-order chi connectivity index (χ0) is 14.1. The van der Waals surface area contributed by atoms with Crippen molar-refractivity contribution in [3.05, 3.63) is 52.0 Å². The van der Waals surface area contributed by atoms with Crippen LogP contribution in [0.4, 0.5) is 0 Å². The van der Waals surface area contributed by atoms with E-state index in [1.54, 1.807) is 17.5 Å². The molecule has 1 aliphatic rings. The van der Waals surface area contributed by atoms with Gasteiger partial charge in [0.2, 0.25) is 0 Å². The molecule has 0 radical (unpaired) electrons. The topological polar surface area (TPSA) is 53.4 Å². The van der Waals surface area contributed by atoms with Crippen molar-refractivity contribution in [3.8, 4) is 0 Å². The van der Waals surface area contributed by atoms with Crippen LogP contribution in [0.1, 0.15) is 35.1 Å². The SMILES string of the molecule is CC(c1nccs1)N1CCc2ccccc2C1C(=O)O. The van der Waals surface area contributed by atoms with E-state index in [1.807, 2.05) is 41.5 Å². The summed E-state index contributed by atoms with van der Waals surface area (Å²) < 4.78 is 0. The van der Waals surface area contributed by atoms with Crippen LogP contribution in [0.3, 0.4) is 0 Å². The number of aliphatic carboxylic acids is 1. The molecule has 0 fully saturated rings. The maximum Gasteiger partial charge on any atom is 0.325 e. The van der Waals surface area contributed by atoms with Crippen molar-refractivity contribution < 1.29 is 9.90 Å². The first-order valence-corrected chi connectivity index (χ1v) is 7.52. The number of benzene rings is 1. The van der Waals surface area contributed by atoms with E-state index in [4.69, 9.17) is 0 Å². The minimum absolute atomic E-state index is 0.0180. The fourth-order valence-electron chi connectivity index (χ4n) is 2.86. The number of rotatable bonds is 3. The van der Waals surface area contributed by atoms with Gasteiger partial charge in [-0.3, -0.25) is 9.69 Å². The molecular formula is C15H16N2O2S. The predicted molar refractivity (Wildman–Crippen MR) is 77.8 cm³/mol. The Morgan fingerprint density at radius 1 is 1.50 bits per heavy atom. The third kappa shape index (κ3) is 2.23. The third-order valence-corrected chi connectivity index (χ3v) is 4.81. The van der Waals surface area contributed by atoms with Gasteiger partial charge in [0.25, 0.3) is 0 Å². The minimum atomic E-state index is -0.791. The molecular weight excluding hydrogens is 272 g/mol. The number of thiazole rings is 1. The molecule has 1 aliphatic heterocycles. The number of hydrogen-bond acceptors (Lipinski definition) is 4. The van der Waals surface area contributed by atoms with Gasteiger partial charge in [-0.05, 0) is 24.5 Å². The molecule has 0 saturated carbocycles. The van der Waals surface area contributed by atoms with E-state index in [0.717, 1.165) is 29.1 Å². The zero-order valence-electron chi connectivity index (χ0n) is 11.2. The molecule has 2 aromatic rings. The van der Waals surface area contributed by atoms with E-state index in [1.165, 1.54) is 0 Å². The van der Waals surface area contributed by atoms with Crippen LogP contribution in [0.25, 0.3) is 0 Å². The van der Waals surface area contributed by atoms with Crippen molar-refractivity contribution in [2.75, 3.05) is 6.54 Å². The largest absolute Gasteiger partial charge is 0.480 e. The Kier molecular flexibility index (Phi) is 3.54. The lowest BCUT2D eigenvalue weighted by Crippen LogP contribution is -2.41. The van der Waals surface area contributed by atoms with E-state index in [0.29, 0.717) is 0 Å². The Hall–Kier alpha value is -1.72. The van der Waals surface area contributed by atoms with Gasteiger partial charge in [0, 0.05) is 18.1 Å². The van der Waals surface area contributed by atoms with Crippen molar-refractivity contribution in [2.24, 2.45) is 0 Å². The summed E-state index contributed by atoms with van der Waals surface area (Å²) >= 11 is 1.57. The second-order valence-corrected chi connectivity index (χ2v) is 5.90. The molecule has 4 nitrogen and oxygen atoms in total. The zero-order valence-corrected chi connectivity index (χ0v) is 12.0. The maximum atomic E-state index is 11.7. The van der Waals surface area contributed by atoms with Gasteiger partial charge < -0.3 is 5.11 Å². The Morgan fingerprint density at radius 3 is 3.00 bits per heavy atom. The number of hydrogen-bond donors (Lipinski definition) is 1. The molecule has 104 valence electrons. The van der Waals surface area contributed by atoms with Crippen molar-refractivity contribution in [1.29, 1.82) is 0 Å². The Bertz CT molecular complexity index is 612. The lowest BCUT2D eigenvalue weighted by molar-refractivity contribution is -0.145. The molecule has 1 aromatic heterocycles. The standard InChI is InChI=1S/C15H16N2O2S/c1-10(14-16-7-9-20-14)17-8-6-11-4-2-3-5-12(11)13(17)15(18)19/h2-5,7,9-10,13H,6,8H2,1H3,(H,18,19). The summed E-state index contributed by atoms with van der Waals surface area (Å²) in [6.07, 6.45) is 2.65. The van der Waals surface area contributed by atoms with Gasteiger partial charge in [-0.2, -0.15) is 0 Å². The molecule has 5 heteroatoms. The van der Waals surface area contributed by atoms with Crippen molar-refractivity contribution >= 4 is 17.3 Å². The maximum absolute atomic E-state index is 11.7. The summed E-state index contributed by atoms with van der Waals surface area (Å²) in [5, 5.41) is 12.5. The van der Waals surface area contributed by atoms with Gasteiger partial charge in [-0.25, -0.2) is 4.98 Å². The van der Waals surface area contributed by atoms with Crippen molar-refractivity contribution in [3.63, 3.8) is 0 Å². The first kappa shape index (κ1) is 13.3. The number of fused-ring (bicyclic) bond motifs is 1. The van der Waals surface area contributed by atoms with Crippen LogP contribution in [0.15, 0.2) is 35.8 Å². The van der Waals surface area contributed by atoms with E-state index in [2.05, 4.69) is 4.98 Å².